The number of nitrogens with zero attached hydrogens (tertiary/aromatic N) is 2. The smallest absolute Gasteiger partial charge is 0.414 e. The Morgan fingerprint density at radius 3 is 2.65 bits per heavy atom. The third kappa shape index (κ3) is 3.47. The zero-order chi connectivity index (χ0) is 14.0. The van der Waals surface area contributed by atoms with Crippen molar-refractivity contribution in [2.45, 2.75) is 20.1 Å². The zero-order valence-electron chi connectivity index (χ0n) is 12.1. The molecule has 1 aliphatic heterocycles. The van der Waals surface area contributed by atoms with Crippen LogP contribution >= 0.6 is 0 Å². The van der Waals surface area contributed by atoms with Gasteiger partial charge in [-0.3, -0.25) is 0 Å². The van der Waals surface area contributed by atoms with Crippen LogP contribution in [-0.2, 0) is 29.7 Å². The SMILES string of the molecule is Cc1c(OC(=O)N(C)C)c2c(c[n+]1C)COCOC2.[Br-]. The quantitative estimate of drug-likeness (QED) is 0.546. The summed E-state index contributed by atoms with van der Waals surface area (Å²) in [6.45, 7) is 2.99. The van der Waals surface area contributed by atoms with E-state index < -0.39 is 6.09 Å². The van der Waals surface area contributed by atoms with Gasteiger partial charge < -0.3 is 36.1 Å². The van der Waals surface area contributed by atoms with Crippen LogP contribution in [-0.4, -0.2) is 31.9 Å². The fourth-order valence-corrected chi connectivity index (χ4v) is 1.88. The van der Waals surface area contributed by atoms with Crippen LogP contribution in [0.4, 0.5) is 4.79 Å². The van der Waals surface area contributed by atoms with Gasteiger partial charge in [-0.15, -0.1) is 0 Å². The highest BCUT2D eigenvalue weighted by Gasteiger charge is 2.25. The van der Waals surface area contributed by atoms with Crippen molar-refractivity contribution in [3.05, 3.63) is 23.0 Å². The van der Waals surface area contributed by atoms with E-state index in [2.05, 4.69) is 0 Å². The molecule has 1 aliphatic rings. The summed E-state index contributed by atoms with van der Waals surface area (Å²) in [4.78, 5) is 13.2. The minimum absolute atomic E-state index is 0. The van der Waals surface area contributed by atoms with Gasteiger partial charge in [-0.05, 0) is 0 Å². The first-order chi connectivity index (χ1) is 9.00. The highest BCUT2D eigenvalue weighted by Crippen LogP contribution is 2.27. The van der Waals surface area contributed by atoms with Crippen molar-refractivity contribution in [3.63, 3.8) is 0 Å². The molecular formula is C13H19BrN2O4. The Morgan fingerprint density at radius 2 is 2.00 bits per heavy atom. The largest absolute Gasteiger partial charge is 1.00 e. The molecule has 0 aliphatic carbocycles. The van der Waals surface area contributed by atoms with Gasteiger partial charge in [0.05, 0.1) is 18.8 Å². The second kappa shape index (κ2) is 7.01. The molecule has 0 saturated heterocycles. The van der Waals surface area contributed by atoms with Gasteiger partial charge >= 0.3 is 6.09 Å². The standard InChI is InChI=1S/C13H19N2O4.BrH/c1-9-12(19-13(16)14(2)3)11-7-18-8-17-6-10(11)5-15(9)4;/h5H,6-8H2,1-4H3;1H/q+1;/p-1. The molecule has 6 nitrogen and oxygen atoms in total. The van der Waals surface area contributed by atoms with E-state index in [-0.39, 0.29) is 23.8 Å². The lowest BCUT2D eigenvalue weighted by atomic mass is 10.1. The molecule has 112 valence electrons. The van der Waals surface area contributed by atoms with Gasteiger partial charge in [-0.1, -0.05) is 0 Å². The molecule has 0 bridgehead atoms. The molecule has 0 atom stereocenters. The number of rotatable bonds is 1. The van der Waals surface area contributed by atoms with Crippen molar-refractivity contribution in [3.8, 4) is 5.75 Å². The van der Waals surface area contributed by atoms with Crippen molar-refractivity contribution in [1.82, 2.24) is 4.90 Å². The Kier molecular flexibility index (Phi) is 5.91. The Labute approximate surface area is 129 Å². The number of pyridine rings is 1. The predicted molar refractivity (Wildman–Crippen MR) is 66.5 cm³/mol. The topological polar surface area (TPSA) is 51.9 Å². The summed E-state index contributed by atoms with van der Waals surface area (Å²) < 4.78 is 18.1. The van der Waals surface area contributed by atoms with Gasteiger partial charge in [0.2, 0.25) is 11.4 Å². The van der Waals surface area contributed by atoms with Crippen LogP contribution in [0.3, 0.4) is 0 Å². The zero-order valence-corrected chi connectivity index (χ0v) is 13.7. The van der Waals surface area contributed by atoms with Gasteiger partial charge in [0.25, 0.3) is 0 Å². The van der Waals surface area contributed by atoms with Crippen molar-refractivity contribution >= 4 is 6.09 Å². The normalized spacial score (nSPS) is 13.8. The van der Waals surface area contributed by atoms with E-state index in [9.17, 15) is 4.79 Å². The number of aryl methyl sites for hydroxylation is 1. The van der Waals surface area contributed by atoms with E-state index in [0.717, 1.165) is 16.8 Å². The summed E-state index contributed by atoms with van der Waals surface area (Å²) in [5.74, 6) is 0.559. The van der Waals surface area contributed by atoms with E-state index in [0.29, 0.717) is 19.0 Å². The maximum absolute atomic E-state index is 11.8. The summed E-state index contributed by atoms with van der Waals surface area (Å²) in [7, 11) is 5.21. The minimum Gasteiger partial charge on any atom is -1.00 e. The van der Waals surface area contributed by atoms with Gasteiger partial charge in [-0.2, -0.15) is 0 Å². The van der Waals surface area contributed by atoms with Crippen molar-refractivity contribution in [2.75, 3.05) is 20.9 Å². The first-order valence-electron chi connectivity index (χ1n) is 6.06. The van der Waals surface area contributed by atoms with Crippen molar-refractivity contribution < 1.29 is 40.6 Å². The summed E-state index contributed by atoms with van der Waals surface area (Å²) in [5.41, 5.74) is 2.73. The molecule has 1 aromatic rings. The summed E-state index contributed by atoms with van der Waals surface area (Å²) in [6.07, 6.45) is 1.58. The number of hydrogen-bond acceptors (Lipinski definition) is 4. The lowest BCUT2D eigenvalue weighted by Crippen LogP contribution is -3.00. The Hall–Kier alpha value is -1.18. The number of carbonyl (C=O) groups excluding carboxylic acids is 1. The lowest BCUT2D eigenvalue weighted by Gasteiger charge is -2.15. The highest BCUT2D eigenvalue weighted by molar-refractivity contribution is 5.70. The van der Waals surface area contributed by atoms with E-state index >= 15 is 0 Å². The predicted octanol–water partition coefficient (Wildman–Crippen LogP) is -2.11. The molecule has 1 amide bonds. The Balaban J connectivity index is 0.00000200. The maximum atomic E-state index is 11.8. The number of fused-ring (bicyclic) bond motifs is 1. The number of aromatic nitrogens is 1. The second-order valence-corrected chi connectivity index (χ2v) is 4.74. The minimum atomic E-state index is -0.401. The number of hydrogen-bond donors (Lipinski definition) is 0. The Bertz CT molecular complexity index is 506. The fraction of sp³-hybridized carbons (Fsp3) is 0.538. The van der Waals surface area contributed by atoms with E-state index in [1.165, 1.54) is 4.90 Å². The monoisotopic (exact) mass is 346 g/mol. The molecule has 20 heavy (non-hydrogen) atoms. The third-order valence-electron chi connectivity index (χ3n) is 3.09. The molecule has 0 unspecified atom stereocenters. The van der Waals surface area contributed by atoms with Crippen LogP contribution in [0.1, 0.15) is 16.8 Å². The number of ether oxygens (including phenoxy) is 3. The first-order valence-corrected chi connectivity index (χ1v) is 6.06. The van der Waals surface area contributed by atoms with Crippen LogP contribution in [0.15, 0.2) is 6.20 Å². The van der Waals surface area contributed by atoms with Crippen LogP contribution in [0.5, 0.6) is 5.75 Å². The maximum Gasteiger partial charge on any atom is 0.414 e. The molecule has 0 N–H and O–H groups in total. The van der Waals surface area contributed by atoms with E-state index in [1.807, 2.05) is 24.7 Å². The summed E-state index contributed by atoms with van der Waals surface area (Å²) in [6, 6.07) is 0. The number of amides is 1. The average Bonchev–Trinajstić information content (AvgIpc) is 2.59. The third-order valence-corrected chi connectivity index (χ3v) is 3.09. The van der Waals surface area contributed by atoms with Crippen molar-refractivity contribution in [2.24, 2.45) is 7.05 Å². The van der Waals surface area contributed by atoms with Crippen LogP contribution in [0.25, 0.3) is 0 Å². The molecule has 2 rings (SSSR count). The van der Waals surface area contributed by atoms with Gasteiger partial charge in [0.1, 0.15) is 13.8 Å². The molecular weight excluding hydrogens is 328 g/mol. The van der Waals surface area contributed by atoms with Crippen molar-refractivity contribution in [1.29, 1.82) is 0 Å². The fourth-order valence-electron chi connectivity index (χ4n) is 1.88. The molecule has 0 saturated carbocycles. The van der Waals surface area contributed by atoms with E-state index in [1.54, 1.807) is 14.1 Å². The van der Waals surface area contributed by atoms with Gasteiger partial charge in [-0.25, -0.2) is 9.36 Å². The number of halogens is 1. The average molecular weight is 347 g/mol. The van der Waals surface area contributed by atoms with Crippen LogP contribution < -0.4 is 26.3 Å². The van der Waals surface area contributed by atoms with E-state index in [4.69, 9.17) is 14.2 Å². The Morgan fingerprint density at radius 1 is 1.35 bits per heavy atom. The molecule has 0 radical (unpaired) electrons. The molecule has 0 fully saturated rings. The molecule has 0 spiro atoms. The molecule has 1 aromatic heterocycles. The number of carbonyl (C=O) groups is 1. The van der Waals surface area contributed by atoms with Crippen LogP contribution in [0, 0.1) is 6.92 Å². The summed E-state index contributed by atoms with van der Waals surface area (Å²) in [5, 5.41) is 0. The molecule has 2 heterocycles. The second-order valence-electron chi connectivity index (χ2n) is 4.74. The van der Waals surface area contributed by atoms with Crippen LogP contribution in [0.2, 0.25) is 0 Å². The first kappa shape index (κ1) is 16.9. The highest BCUT2D eigenvalue weighted by atomic mass is 79.9. The molecule has 7 heteroatoms. The van der Waals surface area contributed by atoms with Gasteiger partial charge in [0.15, 0.2) is 6.20 Å². The summed E-state index contributed by atoms with van der Waals surface area (Å²) >= 11 is 0. The van der Waals surface area contributed by atoms with Gasteiger partial charge in [0, 0.05) is 26.6 Å². The molecule has 0 aromatic carbocycles. The lowest BCUT2D eigenvalue weighted by molar-refractivity contribution is -0.678.